The molecular formula is C14H24N4. The summed E-state index contributed by atoms with van der Waals surface area (Å²) in [7, 11) is 0. The summed E-state index contributed by atoms with van der Waals surface area (Å²) in [5, 5.41) is 0. The Hall–Kier alpha value is -0.770. The smallest absolute Gasteiger partial charge is 0.192 e. The molecule has 2 aliphatic heterocycles. The third kappa shape index (κ3) is 1.58. The molecule has 4 aliphatic rings. The molecule has 1 unspecified atom stereocenters. The molecule has 0 aromatic rings. The number of hydrogen-bond acceptors (Lipinski definition) is 4. The van der Waals surface area contributed by atoms with Crippen molar-refractivity contribution in [3.05, 3.63) is 0 Å². The molecule has 100 valence electrons. The highest BCUT2D eigenvalue weighted by molar-refractivity contribution is 5.81. The zero-order valence-electron chi connectivity index (χ0n) is 11.1. The first-order valence-corrected chi connectivity index (χ1v) is 7.62. The van der Waals surface area contributed by atoms with Crippen molar-refractivity contribution in [2.45, 2.75) is 62.6 Å². The maximum Gasteiger partial charge on any atom is 0.192 e. The zero-order chi connectivity index (χ0) is 12.2. The van der Waals surface area contributed by atoms with E-state index < -0.39 is 0 Å². The third-order valence-corrected chi connectivity index (χ3v) is 5.41. The van der Waals surface area contributed by atoms with Crippen LogP contribution in [0.1, 0.15) is 44.9 Å². The molecule has 3 fully saturated rings. The second-order valence-electron chi connectivity index (χ2n) is 6.66. The first-order valence-electron chi connectivity index (χ1n) is 7.62. The molecule has 2 N–H and O–H groups in total. The van der Waals surface area contributed by atoms with Crippen LogP contribution in [0.2, 0.25) is 0 Å². The molecule has 1 spiro atoms. The van der Waals surface area contributed by atoms with Crippen LogP contribution < -0.4 is 5.73 Å². The number of guanidine groups is 1. The molecule has 2 saturated carbocycles. The second-order valence-corrected chi connectivity index (χ2v) is 6.66. The van der Waals surface area contributed by atoms with E-state index in [1.807, 2.05) is 0 Å². The molecule has 0 radical (unpaired) electrons. The summed E-state index contributed by atoms with van der Waals surface area (Å²) in [6, 6.07) is 1.56. The van der Waals surface area contributed by atoms with Gasteiger partial charge in [0.2, 0.25) is 0 Å². The predicted molar refractivity (Wildman–Crippen MR) is 72.5 cm³/mol. The topological polar surface area (TPSA) is 44.9 Å². The van der Waals surface area contributed by atoms with Crippen molar-refractivity contribution in [3.63, 3.8) is 0 Å². The van der Waals surface area contributed by atoms with Crippen LogP contribution in [-0.2, 0) is 0 Å². The van der Waals surface area contributed by atoms with Crippen molar-refractivity contribution >= 4 is 5.96 Å². The summed E-state index contributed by atoms with van der Waals surface area (Å²) >= 11 is 0. The largest absolute Gasteiger partial charge is 0.370 e. The van der Waals surface area contributed by atoms with Crippen LogP contribution in [0.4, 0.5) is 0 Å². The fourth-order valence-electron chi connectivity index (χ4n) is 4.33. The molecule has 0 bridgehead atoms. The van der Waals surface area contributed by atoms with E-state index in [-0.39, 0.29) is 5.54 Å². The lowest BCUT2D eigenvalue weighted by Crippen LogP contribution is -2.57. The van der Waals surface area contributed by atoms with E-state index in [2.05, 4.69) is 14.8 Å². The number of likely N-dealkylation sites (tertiary alicyclic amines) is 1. The van der Waals surface area contributed by atoms with Gasteiger partial charge in [0.15, 0.2) is 5.96 Å². The van der Waals surface area contributed by atoms with Crippen LogP contribution in [0.5, 0.6) is 0 Å². The van der Waals surface area contributed by atoms with Crippen LogP contribution in [0.25, 0.3) is 0 Å². The van der Waals surface area contributed by atoms with E-state index >= 15 is 0 Å². The lowest BCUT2D eigenvalue weighted by Gasteiger charge is -2.40. The van der Waals surface area contributed by atoms with Crippen LogP contribution in [0, 0.1) is 0 Å². The number of nitrogens with two attached hydrogens (primary N) is 1. The summed E-state index contributed by atoms with van der Waals surface area (Å²) in [5.41, 5.74) is 6.47. The van der Waals surface area contributed by atoms with E-state index in [4.69, 9.17) is 5.73 Å². The monoisotopic (exact) mass is 248 g/mol. The molecule has 2 aliphatic carbocycles. The third-order valence-electron chi connectivity index (χ3n) is 5.41. The normalized spacial score (nSPS) is 38.0. The quantitative estimate of drug-likeness (QED) is 0.798. The molecule has 4 rings (SSSR count). The Balaban J connectivity index is 1.56. The van der Waals surface area contributed by atoms with Crippen LogP contribution in [0.15, 0.2) is 4.99 Å². The molecule has 0 aromatic heterocycles. The van der Waals surface area contributed by atoms with Crippen molar-refractivity contribution in [2.24, 2.45) is 10.7 Å². The van der Waals surface area contributed by atoms with Crippen molar-refractivity contribution in [3.8, 4) is 0 Å². The summed E-state index contributed by atoms with van der Waals surface area (Å²) < 4.78 is 0. The van der Waals surface area contributed by atoms with Crippen molar-refractivity contribution in [2.75, 3.05) is 19.6 Å². The Morgan fingerprint density at radius 3 is 2.61 bits per heavy atom. The lowest BCUT2D eigenvalue weighted by atomic mass is 9.95. The van der Waals surface area contributed by atoms with E-state index in [0.29, 0.717) is 6.04 Å². The minimum absolute atomic E-state index is 0.266. The number of rotatable bonds is 2. The molecule has 0 amide bonds. The Bertz CT molecular complexity index is 370. The standard InChI is InChI=1S/C14H24N4/c15-13-16-9-14(18(13)12-3-1-2-4-12)7-8-17(10-14)11-5-6-11/h11-12H,1-10H2,(H2,15,16). The van der Waals surface area contributed by atoms with Gasteiger partial charge in [0, 0.05) is 25.2 Å². The first-order chi connectivity index (χ1) is 8.78. The van der Waals surface area contributed by atoms with Gasteiger partial charge in [-0.3, -0.25) is 9.89 Å². The molecule has 18 heavy (non-hydrogen) atoms. The molecule has 1 saturated heterocycles. The molecule has 1 atom stereocenters. The van der Waals surface area contributed by atoms with E-state index in [9.17, 15) is 0 Å². The van der Waals surface area contributed by atoms with Crippen LogP contribution in [0.3, 0.4) is 0 Å². The SMILES string of the molecule is NC1=NCC2(CCN(C3CC3)C2)N1C1CCCC1. The minimum Gasteiger partial charge on any atom is -0.370 e. The van der Waals surface area contributed by atoms with Crippen LogP contribution in [-0.4, -0.2) is 53.0 Å². The van der Waals surface area contributed by atoms with Crippen molar-refractivity contribution in [1.82, 2.24) is 9.80 Å². The van der Waals surface area contributed by atoms with Gasteiger partial charge in [-0.25, -0.2) is 0 Å². The van der Waals surface area contributed by atoms with Gasteiger partial charge in [-0.1, -0.05) is 12.8 Å². The average Bonchev–Trinajstić information content (AvgIpc) is 2.82. The van der Waals surface area contributed by atoms with Crippen LogP contribution >= 0.6 is 0 Å². The molecule has 0 aromatic carbocycles. The zero-order valence-corrected chi connectivity index (χ0v) is 11.1. The Morgan fingerprint density at radius 1 is 1.11 bits per heavy atom. The molecule has 4 heteroatoms. The summed E-state index contributed by atoms with van der Waals surface area (Å²) in [6.07, 6.45) is 9.48. The van der Waals surface area contributed by atoms with Gasteiger partial charge in [-0.2, -0.15) is 0 Å². The highest BCUT2D eigenvalue weighted by Crippen LogP contribution is 2.41. The molecule has 4 nitrogen and oxygen atoms in total. The fourth-order valence-corrected chi connectivity index (χ4v) is 4.33. The number of nitrogens with zero attached hydrogens (tertiary/aromatic N) is 3. The van der Waals surface area contributed by atoms with Gasteiger partial charge in [-0.15, -0.1) is 0 Å². The van der Waals surface area contributed by atoms with Crippen molar-refractivity contribution < 1.29 is 0 Å². The second kappa shape index (κ2) is 3.86. The van der Waals surface area contributed by atoms with Gasteiger partial charge >= 0.3 is 0 Å². The van der Waals surface area contributed by atoms with Gasteiger partial charge < -0.3 is 10.6 Å². The van der Waals surface area contributed by atoms with Gasteiger partial charge in [-0.05, 0) is 32.1 Å². The average molecular weight is 248 g/mol. The minimum atomic E-state index is 0.266. The first kappa shape index (κ1) is 11.1. The Morgan fingerprint density at radius 2 is 1.89 bits per heavy atom. The Labute approximate surface area is 109 Å². The molecular weight excluding hydrogens is 224 g/mol. The van der Waals surface area contributed by atoms with E-state index in [1.54, 1.807) is 0 Å². The van der Waals surface area contributed by atoms with E-state index in [0.717, 1.165) is 18.5 Å². The predicted octanol–water partition coefficient (Wildman–Crippen LogP) is 1.17. The summed E-state index contributed by atoms with van der Waals surface area (Å²) in [4.78, 5) is 9.83. The summed E-state index contributed by atoms with van der Waals surface area (Å²) in [5.74, 6) is 0.833. The maximum absolute atomic E-state index is 6.21. The molecule has 2 heterocycles. The highest BCUT2D eigenvalue weighted by atomic mass is 15.4. The van der Waals surface area contributed by atoms with Crippen molar-refractivity contribution in [1.29, 1.82) is 0 Å². The maximum atomic E-state index is 6.21. The summed E-state index contributed by atoms with van der Waals surface area (Å²) in [6.45, 7) is 3.41. The Kier molecular flexibility index (Phi) is 2.38. The lowest BCUT2D eigenvalue weighted by molar-refractivity contribution is 0.148. The number of hydrogen-bond donors (Lipinski definition) is 1. The van der Waals surface area contributed by atoms with Gasteiger partial charge in [0.1, 0.15) is 0 Å². The highest BCUT2D eigenvalue weighted by Gasteiger charge is 2.51. The van der Waals surface area contributed by atoms with E-state index in [1.165, 1.54) is 58.0 Å². The van der Waals surface area contributed by atoms with Gasteiger partial charge in [0.05, 0.1) is 12.1 Å². The number of aliphatic imine (C=N–C) groups is 1. The fraction of sp³-hybridized carbons (Fsp3) is 0.929. The van der Waals surface area contributed by atoms with Gasteiger partial charge in [0.25, 0.3) is 0 Å².